The fourth-order valence-electron chi connectivity index (χ4n) is 2.52. The van der Waals surface area contributed by atoms with E-state index in [1.54, 1.807) is 4.68 Å². The van der Waals surface area contributed by atoms with E-state index in [0.29, 0.717) is 29.8 Å². The molecule has 0 aliphatic carbocycles. The van der Waals surface area contributed by atoms with Gasteiger partial charge in [0.25, 0.3) is 10.7 Å². The molecule has 0 spiro atoms. The third-order valence-corrected chi connectivity index (χ3v) is 3.97. The molecule has 24 heavy (non-hydrogen) atoms. The molecule has 0 unspecified atom stereocenters. The predicted octanol–water partition coefficient (Wildman–Crippen LogP) is 3.57. The second-order valence-electron chi connectivity index (χ2n) is 5.81. The van der Waals surface area contributed by atoms with Crippen LogP contribution in [0, 0.1) is 4.84 Å². The topological polar surface area (TPSA) is 52.7 Å². The SMILES string of the molecule is C=C(C)CN(CC)Cn1nc([C@@H]2COc3ccccc3O2)oc1=S. The summed E-state index contributed by atoms with van der Waals surface area (Å²) in [5.74, 6) is 1.84. The van der Waals surface area contributed by atoms with Crippen LogP contribution in [0.1, 0.15) is 25.8 Å². The number of hydrogen-bond acceptors (Lipinski definition) is 6. The lowest BCUT2D eigenvalue weighted by Gasteiger charge is -2.24. The lowest BCUT2D eigenvalue weighted by Crippen LogP contribution is -2.28. The Morgan fingerprint density at radius 3 is 2.88 bits per heavy atom. The summed E-state index contributed by atoms with van der Waals surface area (Å²) in [4.78, 5) is 2.51. The molecule has 1 atom stereocenters. The molecule has 1 aromatic heterocycles. The van der Waals surface area contributed by atoms with Crippen LogP contribution in [0.3, 0.4) is 0 Å². The number of likely N-dealkylation sites (N-methyl/N-ethyl adjacent to an activating group) is 1. The number of ether oxygens (including phenoxy) is 2. The molecule has 6 nitrogen and oxygen atoms in total. The molecule has 1 aliphatic rings. The van der Waals surface area contributed by atoms with Crippen molar-refractivity contribution < 1.29 is 13.9 Å². The first-order valence-electron chi connectivity index (χ1n) is 7.90. The molecule has 0 saturated heterocycles. The Morgan fingerprint density at radius 1 is 1.42 bits per heavy atom. The van der Waals surface area contributed by atoms with Gasteiger partial charge in [0.05, 0.1) is 6.67 Å². The monoisotopic (exact) mass is 347 g/mol. The van der Waals surface area contributed by atoms with Crippen molar-refractivity contribution in [2.24, 2.45) is 0 Å². The molecule has 0 fully saturated rings. The van der Waals surface area contributed by atoms with E-state index in [1.165, 1.54) is 0 Å². The zero-order valence-corrected chi connectivity index (χ0v) is 14.7. The molecule has 0 bridgehead atoms. The minimum absolute atomic E-state index is 0.327. The van der Waals surface area contributed by atoms with Crippen LogP contribution in [0.25, 0.3) is 0 Å². The molecule has 7 heteroatoms. The van der Waals surface area contributed by atoms with Crippen molar-refractivity contribution in [2.45, 2.75) is 26.6 Å². The fraction of sp³-hybridized carbons (Fsp3) is 0.412. The quantitative estimate of drug-likeness (QED) is 0.588. The smallest absolute Gasteiger partial charge is 0.288 e. The van der Waals surface area contributed by atoms with Gasteiger partial charge in [-0.15, -0.1) is 5.10 Å². The fourth-order valence-corrected chi connectivity index (χ4v) is 2.70. The van der Waals surface area contributed by atoms with E-state index in [1.807, 2.05) is 31.2 Å². The maximum Gasteiger partial charge on any atom is 0.288 e. The van der Waals surface area contributed by atoms with Crippen molar-refractivity contribution in [3.8, 4) is 11.5 Å². The number of hydrogen-bond donors (Lipinski definition) is 0. The molecule has 0 radical (unpaired) electrons. The predicted molar refractivity (Wildman–Crippen MR) is 92.7 cm³/mol. The van der Waals surface area contributed by atoms with Crippen LogP contribution >= 0.6 is 12.2 Å². The zero-order chi connectivity index (χ0) is 17.1. The third-order valence-electron chi connectivity index (χ3n) is 3.68. The minimum Gasteiger partial charge on any atom is -0.485 e. The molecule has 2 heterocycles. The maximum atomic E-state index is 5.91. The maximum absolute atomic E-state index is 5.91. The van der Waals surface area contributed by atoms with Gasteiger partial charge in [-0.25, -0.2) is 4.68 Å². The molecular weight excluding hydrogens is 326 g/mol. The van der Waals surface area contributed by atoms with E-state index in [2.05, 4.69) is 23.5 Å². The number of benzene rings is 1. The second kappa shape index (κ2) is 7.19. The Balaban J connectivity index is 1.75. The number of aromatic nitrogens is 2. The van der Waals surface area contributed by atoms with E-state index >= 15 is 0 Å². The lowest BCUT2D eigenvalue weighted by atomic mass is 10.2. The van der Waals surface area contributed by atoms with Crippen LogP contribution in [0.15, 0.2) is 40.8 Å². The van der Waals surface area contributed by atoms with E-state index in [-0.39, 0.29) is 0 Å². The second-order valence-corrected chi connectivity index (χ2v) is 6.16. The van der Waals surface area contributed by atoms with Crippen molar-refractivity contribution in [2.75, 3.05) is 19.7 Å². The van der Waals surface area contributed by atoms with Gasteiger partial charge in [-0.05, 0) is 37.8 Å². The summed E-state index contributed by atoms with van der Waals surface area (Å²) < 4.78 is 18.9. The van der Waals surface area contributed by atoms with Gasteiger partial charge in [-0.3, -0.25) is 4.90 Å². The number of nitrogens with zero attached hydrogens (tertiary/aromatic N) is 3. The zero-order valence-electron chi connectivity index (χ0n) is 13.9. The normalized spacial score (nSPS) is 16.4. The van der Waals surface area contributed by atoms with Crippen molar-refractivity contribution >= 4 is 12.2 Å². The van der Waals surface area contributed by atoms with Gasteiger partial charge >= 0.3 is 0 Å². The Morgan fingerprint density at radius 2 is 2.17 bits per heavy atom. The molecule has 128 valence electrons. The summed E-state index contributed by atoms with van der Waals surface area (Å²) >= 11 is 5.29. The van der Waals surface area contributed by atoms with Crippen LogP contribution < -0.4 is 9.47 Å². The molecule has 0 N–H and O–H groups in total. The van der Waals surface area contributed by atoms with Gasteiger partial charge in [0.1, 0.15) is 6.61 Å². The summed E-state index contributed by atoms with van der Waals surface area (Å²) in [6.45, 7) is 10.6. The summed E-state index contributed by atoms with van der Waals surface area (Å²) in [6.07, 6.45) is -0.404. The Kier molecular flexibility index (Phi) is 5.01. The van der Waals surface area contributed by atoms with E-state index in [9.17, 15) is 0 Å². The van der Waals surface area contributed by atoms with Gasteiger partial charge in [-0.2, -0.15) is 0 Å². The average Bonchev–Trinajstić information content (AvgIpc) is 2.94. The van der Waals surface area contributed by atoms with Crippen LogP contribution in [-0.4, -0.2) is 34.4 Å². The van der Waals surface area contributed by atoms with Crippen LogP contribution in [0.5, 0.6) is 11.5 Å². The number of para-hydroxylation sites is 2. The summed E-state index contributed by atoms with van der Waals surface area (Å²) in [7, 11) is 0. The molecule has 0 saturated carbocycles. The van der Waals surface area contributed by atoms with Gasteiger partial charge in [0, 0.05) is 6.54 Å². The van der Waals surface area contributed by atoms with E-state index in [4.69, 9.17) is 26.1 Å². The van der Waals surface area contributed by atoms with Crippen LogP contribution in [0.2, 0.25) is 0 Å². The molecule has 0 amide bonds. The summed E-state index contributed by atoms with van der Waals surface area (Å²) in [5, 5.41) is 4.47. The van der Waals surface area contributed by atoms with Crippen molar-refractivity contribution in [3.63, 3.8) is 0 Å². The van der Waals surface area contributed by atoms with Crippen molar-refractivity contribution in [1.29, 1.82) is 0 Å². The van der Waals surface area contributed by atoms with Gasteiger partial charge in [0.2, 0.25) is 6.10 Å². The highest BCUT2D eigenvalue weighted by Crippen LogP contribution is 2.35. The molecule has 1 aliphatic heterocycles. The van der Waals surface area contributed by atoms with Gasteiger partial charge in [0.15, 0.2) is 11.5 Å². The van der Waals surface area contributed by atoms with Crippen LogP contribution in [0.4, 0.5) is 0 Å². The minimum atomic E-state index is -0.404. The number of fused-ring (bicyclic) bond motifs is 1. The Labute approximate surface area is 146 Å². The third kappa shape index (κ3) is 3.68. The molecule has 2 aromatic rings. The molecule has 1 aromatic carbocycles. The largest absolute Gasteiger partial charge is 0.485 e. The Hall–Kier alpha value is -2.12. The van der Waals surface area contributed by atoms with Crippen molar-refractivity contribution in [3.05, 3.63) is 47.1 Å². The van der Waals surface area contributed by atoms with Crippen LogP contribution in [-0.2, 0) is 6.67 Å². The summed E-state index contributed by atoms with van der Waals surface area (Å²) in [6, 6.07) is 7.54. The highest BCUT2D eigenvalue weighted by Gasteiger charge is 2.27. The first kappa shape index (κ1) is 16.7. The molecule has 3 rings (SSSR count). The first-order chi connectivity index (χ1) is 11.6. The van der Waals surface area contributed by atoms with Crippen molar-refractivity contribution in [1.82, 2.24) is 14.7 Å². The molecular formula is C17H21N3O3S. The van der Waals surface area contributed by atoms with Gasteiger partial charge in [-0.1, -0.05) is 31.2 Å². The first-order valence-corrected chi connectivity index (χ1v) is 8.30. The Bertz CT molecular complexity index is 783. The van der Waals surface area contributed by atoms with E-state index in [0.717, 1.165) is 24.4 Å². The van der Waals surface area contributed by atoms with E-state index < -0.39 is 6.10 Å². The summed E-state index contributed by atoms with van der Waals surface area (Å²) in [5.41, 5.74) is 1.09. The highest BCUT2D eigenvalue weighted by atomic mass is 32.1. The lowest BCUT2D eigenvalue weighted by molar-refractivity contribution is 0.0706. The highest BCUT2D eigenvalue weighted by molar-refractivity contribution is 7.71. The number of rotatable bonds is 6. The standard InChI is InChI=1S/C17H21N3O3S/c1-4-19(9-12(2)3)11-20-17(24)23-16(18-20)15-10-21-13-7-5-6-8-14(13)22-15/h5-8,15H,2,4,9-11H2,1,3H3/t15-/m0/s1. The van der Waals surface area contributed by atoms with Gasteiger partial charge < -0.3 is 13.9 Å². The average molecular weight is 347 g/mol.